The Kier molecular flexibility index (Phi) is 7.46. The molecule has 1 aliphatic carbocycles. The Morgan fingerprint density at radius 3 is 2.38 bits per heavy atom. The zero-order valence-electron chi connectivity index (χ0n) is 12.9. The van der Waals surface area contributed by atoms with Gasteiger partial charge < -0.3 is 16.0 Å². The maximum absolute atomic E-state index is 12.5. The Hall–Kier alpha value is -0.810. The number of amides is 2. The first-order valence-corrected chi connectivity index (χ1v) is 7.99. The number of carbonyl (C=O) groups excluding carboxylic acids is 2. The summed E-state index contributed by atoms with van der Waals surface area (Å²) < 4.78 is 0. The quantitative estimate of drug-likeness (QED) is 0.648. The molecule has 2 rings (SSSR count). The fourth-order valence-electron chi connectivity index (χ4n) is 2.92. The smallest absolute Gasteiger partial charge is 0.245 e. The second-order valence-corrected chi connectivity index (χ2v) is 6.10. The summed E-state index contributed by atoms with van der Waals surface area (Å²) >= 11 is 0. The van der Waals surface area contributed by atoms with E-state index in [1.54, 1.807) is 0 Å². The Morgan fingerprint density at radius 2 is 1.86 bits per heavy atom. The van der Waals surface area contributed by atoms with Gasteiger partial charge in [-0.2, -0.15) is 0 Å². The second-order valence-electron chi connectivity index (χ2n) is 6.10. The van der Waals surface area contributed by atoms with E-state index in [4.69, 9.17) is 0 Å². The van der Waals surface area contributed by atoms with Gasteiger partial charge in [0.25, 0.3) is 0 Å². The van der Waals surface area contributed by atoms with Crippen LogP contribution in [0.2, 0.25) is 0 Å². The van der Waals surface area contributed by atoms with Gasteiger partial charge in [-0.1, -0.05) is 32.6 Å². The van der Waals surface area contributed by atoms with Crippen molar-refractivity contribution in [2.75, 3.05) is 19.6 Å². The van der Waals surface area contributed by atoms with Crippen molar-refractivity contribution in [2.45, 2.75) is 57.4 Å². The standard InChI is InChI=1S/C15H27N3O2.ClH/c1-2-3-9-17-14(20)15(7-5-4-6-8-15)18-13(19)12-10-16-11-12;/h12,16H,2-11H2,1H3,(H,17,20)(H,18,19);1H. The Labute approximate surface area is 133 Å². The molecule has 0 bridgehead atoms. The number of rotatable bonds is 6. The summed E-state index contributed by atoms with van der Waals surface area (Å²) in [7, 11) is 0. The molecule has 0 unspecified atom stereocenters. The van der Waals surface area contributed by atoms with Crippen molar-refractivity contribution in [1.82, 2.24) is 16.0 Å². The predicted octanol–water partition coefficient (Wildman–Crippen LogP) is 1.36. The lowest BCUT2D eigenvalue weighted by Crippen LogP contribution is -2.63. The fraction of sp³-hybridized carbons (Fsp3) is 0.867. The third-order valence-electron chi connectivity index (χ3n) is 4.47. The molecule has 0 aromatic heterocycles. The van der Waals surface area contributed by atoms with Gasteiger partial charge in [-0.25, -0.2) is 0 Å². The van der Waals surface area contributed by atoms with Gasteiger partial charge in [0.15, 0.2) is 0 Å². The maximum atomic E-state index is 12.5. The first-order chi connectivity index (χ1) is 9.68. The molecule has 6 heteroatoms. The van der Waals surface area contributed by atoms with E-state index in [-0.39, 0.29) is 30.1 Å². The van der Waals surface area contributed by atoms with Crippen molar-refractivity contribution < 1.29 is 9.59 Å². The average molecular weight is 318 g/mol. The van der Waals surface area contributed by atoms with Gasteiger partial charge in [0.2, 0.25) is 11.8 Å². The average Bonchev–Trinajstić information content (AvgIpc) is 2.37. The van der Waals surface area contributed by atoms with Gasteiger partial charge in [-0.3, -0.25) is 9.59 Å². The Morgan fingerprint density at radius 1 is 1.19 bits per heavy atom. The highest BCUT2D eigenvalue weighted by atomic mass is 35.5. The van der Waals surface area contributed by atoms with Crippen LogP contribution in [0, 0.1) is 5.92 Å². The lowest BCUT2D eigenvalue weighted by Gasteiger charge is -2.39. The molecule has 21 heavy (non-hydrogen) atoms. The largest absolute Gasteiger partial charge is 0.354 e. The molecule has 0 atom stereocenters. The van der Waals surface area contributed by atoms with Crippen LogP contribution in [0.1, 0.15) is 51.9 Å². The van der Waals surface area contributed by atoms with Crippen molar-refractivity contribution in [3.05, 3.63) is 0 Å². The van der Waals surface area contributed by atoms with Crippen LogP contribution < -0.4 is 16.0 Å². The van der Waals surface area contributed by atoms with E-state index < -0.39 is 5.54 Å². The topological polar surface area (TPSA) is 70.2 Å². The fourth-order valence-corrected chi connectivity index (χ4v) is 2.92. The predicted molar refractivity (Wildman–Crippen MR) is 85.5 cm³/mol. The molecule has 5 nitrogen and oxygen atoms in total. The Bertz CT molecular complexity index is 353. The zero-order chi connectivity index (χ0) is 14.4. The molecular weight excluding hydrogens is 290 g/mol. The highest BCUT2D eigenvalue weighted by molar-refractivity contribution is 5.92. The SMILES string of the molecule is CCCCNC(=O)C1(NC(=O)C2CNC2)CCCCC1.Cl. The summed E-state index contributed by atoms with van der Waals surface area (Å²) in [5.74, 6) is 0.0971. The molecule has 2 fully saturated rings. The number of halogens is 1. The number of hydrogen-bond acceptors (Lipinski definition) is 3. The van der Waals surface area contributed by atoms with Crippen molar-refractivity contribution in [1.29, 1.82) is 0 Å². The zero-order valence-corrected chi connectivity index (χ0v) is 13.7. The van der Waals surface area contributed by atoms with Crippen LogP contribution in [-0.4, -0.2) is 37.0 Å². The van der Waals surface area contributed by atoms with Gasteiger partial charge in [0.1, 0.15) is 5.54 Å². The van der Waals surface area contributed by atoms with E-state index in [1.807, 2.05) is 0 Å². The molecule has 0 aromatic carbocycles. The molecule has 0 aromatic rings. The minimum atomic E-state index is -0.654. The highest BCUT2D eigenvalue weighted by Crippen LogP contribution is 2.29. The summed E-state index contributed by atoms with van der Waals surface area (Å²) in [5.41, 5.74) is -0.654. The number of unbranched alkanes of at least 4 members (excludes halogenated alkanes) is 1. The lowest BCUT2D eigenvalue weighted by molar-refractivity contribution is -0.137. The first-order valence-electron chi connectivity index (χ1n) is 7.99. The molecule has 0 radical (unpaired) electrons. The van der Waals surface area contributed by atoms with Gasteiger partial charge >= 0.3 is 0 Å². The van der Waals surface area contributed by atoms with Gasteiger partial charge in [-0.05, 0) is 19.3 Å². The van der Waals surface area contributed by atoms with Crippen LogP contribution in [0.15, 0.2) is 0 Å². The minimum absolute atomic E-state index is 0. The molecule has 0 spiro atoms. The second kappa shape index (κ2) is 8.59. The number of nitrogens with one attached hydrogen (secondary N) is 3. The van der Waals surface area contributed by atoms with Gasteiger partial charge in [0, 0.05) is 19.6 Å². The molecule has 2 aliphatic rings. The van der Waals surface area contributed by atoms with E-state index in [9.17, 15) is 9.59 Å². The van der Waals surface area contributed by atoms with Crippen LogP contribution in [0.25, 0.3) is 0 Å². The van der Waals surface area contributed by atoms with Crippen molar-refractivity contribution in [3.63, 3.8) is 0 Å². The normalized spacial score (nSPS) is 20.8. The summed E-state index contributed by atoms with van der Waals surface area (Å²) in [6, 6.07) is 0. The summed E-state index contributed by atoms with van der Waals surface area (Å²) in [6.07, 6.45) is 6.79. The number of carbonyl (C=O) groups is 2. The number of hydrogen-bond donors (Lipinski definition) is 3. The molecular formula is C15H28ClN3O2. The van der Waals surface area contributed by atoms with Gasteiger partial charge in [0.05, 0.1) is 5.92 Å². The Balaban J connectivity index is 0.00000220. The van der Waals surface area contributed by atoms with Crippen molar-refractivity contribution in [2.24, 2.45) is 5.92 Å². The van der Waals surface area contributed by atoms with Crippen molar-refractivity contribution in [3.8, 4) is 0 Å². The van der Waals surface area contributed by atoms with E-state index in [1.165, 1.54) is 0 Å². The molecule has 1 heterocycles. The van der Waals surface area contributed by atoms with E-state index in [0.29, 0.717) is 6.54 Å². The van der Waals surface area contributed by atoms with Gasteiger partial charge in [-0.15, -0.1) is 12.4 Å². The van der Waals surface area contributed by atoms with Crippen LogP contribution in [-0.2, 0) is 9.59 Å². The van der Waals surface area contributed by atoms with Crippen LogP contribution in [0.4, 0.5) is 0 Å². The molecule has 2 amide bonds. The molecule has 122 valence electrons. The van der Waals surface area contributed by atoms with Crippen LogP contribution in [0.3, 0.4) is 0 Å². The summed E-state index contributed by atoms with van der Waals surface area (Å²) in [5, 5.41) is 9.18. The monoisotopic (exact) mass is 317 g/mol. The minimum Gasteiger partial charge on any atom is -0.354 e. The van der Waals surface area contributed by atoms with Crippen LogP contribution >= 0.6 is 12.4 Å². The maximum Gasteiger partial charge on any atom is 0.245 e. The van der Waals surface area contributed by atoms with Crippen molar-refractivity contribution >= 4 is 24.2 Å². The highest BCUT2D eigenvalue weighted by Gasteiger charge is 2.42. The molecule has 1 saturated heterocycles. The third-order valence-corrected chi connectivity index (χ3v) is 4.47. The molecule has 3 N–H and O–H groups in total. The van der Waals surface area contributed by atoms with E-state index in [2.05, 4.69) is 22.9 Å². The summed E-state index contributed by atoms with van der Waals surface area (Å²) in [6.45, 7) is 4.28. The molecule has 1 saturated carbocycles. The summed E-state index contributed by atoms with van der Waals surface area (Å²) in [4.78, 5) is 24.7. The van der Waals surface area contributed by atoms with Crippen LogP contribution in [0.5, 0.6) is 0 Å². The third kappa shape index (κ3) is 4.58. The lowest BCUT2D eigenvalue weighted by atomic mass is 9.80. The van der Waals surface area contributed by atoms with E-state index >= 15 is 0 Å². The molecule has 1 aliphatic heterocycles. The first kappa shape index (κ1) is 18.2. The van der Waals surface area contributed by atoms with E-state index in [0.717, 1.165) is 58.0 Å².